The molecular formula is C23H27F2N5O2. The van der Waals surface area contributed by atoms with Crippen molar-refractivity contribution in [2.45, 2.75) is 38.4 Å². The van der Waals surface area contributed by atoms with Crippen LogP contribution in [0.25, 0.3) is 10.9 Å². The van der Waals surface area contributed by atoms with Crippen molar-refractivity contribution < 1.29 is 18.8 Å². The van der Waals surface area contributed by atoms with E-state index in [0.717, 1.165) is 42.0 Å². The Hall–Kier alpha value is -2.88. The number of amides is 1. The van der Waals surface area contributed by atoms with Gasteiger partial charge in [-0.15, -0.1) is 0 Å². The number of hydroxylamine groups is 1. The highest BCUT2D eigenvalue weighted by Crippen LogP contribution is 2.24. The van der Waals surface area contributed by atoms with Gasteiger partial charge < -0.3 is 14.8 Å². The molecule has 3 heterocycles. The topological polar surface area (TPSA) is 82.4 Å². The molecule has 0 saturated carbocycles. The van der Waals surface area contributed by atoms with Gasteiger partial charge in [0, 0.05) is 35.8 Å². The maximum atomic E-state index is 14.2. The average molecular weight is 443 g/mol. The smallest absolute Gasteiger partial charge is 0.293 e. The number of halogens is 2. The number of aromatic nitrogens is 2. The van der Waals surface area contributed by atoms with E-state index in [-0.39, 0.29) is 12.2 Å². The molecule has 32 heavy (non-hydrogen) atoms. The number of likely N-dealkylation sites (tertiary alicyclic amines) is 1. The van der Waals surface area contributed by atoms with Crippen molar-refractivity contribution in [2.75, 3.05) is 20.1 Å². The third-order valence-electron chi connectivity index (χ3n) is 6.18. The van der Waals surface area contributed by atoms with Gasteiger partial charge in [-0.2, -0.15) is 0 Å². The van der Waals surface area contributed by atoms with E-state index >= 15 is 0 Å². The minimum absolute atomic E-state index is 0.0829. The van der Waals surface area contributed by atoms with E-state index in [1.165, 1.54) is 31.2 Å². The predicted octanol–water partition coefficient (Wildman–Crippen LogP) is 3.06. The third-order valence-corrected chi connectivity index (χ3v) is 6.18. The molecule has 2 aromatic heterocycles. The summed E-state index contributed by atoms with van der Waals surface area (Å²) in [5.74, 6) is -1.94. The van der Waals surface area contributed by atoms with Crippen LogP contribution in [0.1, 0.15) is 40.9 Å². The van der Waals surface area contributed by atoms with Gasteiger partial charge in [-0.25, -0.2) is 19.2 Å². The molecule has 9 heteroatoms. The molecule has 4 rings (SSSR count). The number of carbonyl (C=O) groups is 1. The third kappa shape index (κ3) is 4.79. The Morgan fingerprint density at radius 3 is 2.84 bits per heavy atom. The highest BCUT2D eigenvalue weighted by molar-refractivity contribution is 5.96. The standard InChI is InChI=1S/C23H27F2N5O2/c1-29-8-2-3-18(29)6-7-26-11-16-14-30(13-15-4-5-17(24)9-20(15)25)22-12-27-21(10-19(16)22)23(31)28-32/h4-5,9-10,12,14,18,26,32H,2-3,6-8,11,13H2,1H3,(H,28,31). The average Bonchev–Trinajstić information content (AvgIpc) is 3.35. The van der Waals surface area contributed by atoms with E-state index in [0.29, 0.717) is 18.2 Å². The number of carbonyl (C=O) groups excluding carboxylic acids is 1. The number of hydrogen-bond acceptors (Lipinski definition) is 5. The molecule has 0 radical (unpaired) electrons. The molecule has 1 aliphatic rings. The van der Waals surface area contributed by atoms with E-state index in [1.54, 1.807) is 11.5 Å². The second-order valence-electron chi connectivity index (χ2n) is 8.29. The zero-order valence-corrected chi connectivity index (χ0v) is 17.9. The minimum Gasteiger partial charge on any atom is -0.341 e. The van der Waals surface area contributed by atoms with Crippen molar-refractivity contribution in [3.63, 3.8) is 0 Å². The van der Waals surface area contributed by atoms with Gasteiger partial charge in [-0.05, 0) is 57.1 Å². The molecule has 3 N–H and O–H groups in total. The molecule has 0 aliphatic carbocycles. The highest BCUT2D eigenvalue weighted by atomic mass is 19.1. The van der Waals surface area contributed by atoms with Crippen molar-refractivity contribution in [1.82, 2.24) is 25.2 Å². The first-order valence-corrected chi connectivity index (χ1v) is 10.7. The number of benzene rings is 1. The van der Waals surface area contributed by atoms with Crippen LogP contribution < -0.4 is 10.8 Å². The predicted molar refractivity (Wildman–Crippen MR) is 116 cm³/mol. The molecule has 1 aliphatic heterocycles. The number of nitrogens with zero attached hydrogens (tertiary/aromatic N) is 3. The maximum absolute atomic E-state index is 14.2. The van der Waals surface area contributed by atoms with Gasteiger partial charge in [0.25, 0.3) is 5.91 Å². The van der Waals surface area contributed by atoms with Crippen LogP contribution in [-0.4, -0.2) is 51.7 Å². The first-order valence-electron chi connectivity index (χ1n) is 10.7. The summed E-state index contributed by atoms with van der Waals surface area (Å²) in [5.41, 5.74) is 3.68. The van der Waals surface area contributed by atoms with Crippen LogP contribution in [0.3, 0.4) is 0 Å². The molecule has 1 aromatic carbocycles. The van der Waals surface area contributed by atoms with E-state index < -0.39 is 17.5 Å². The lowest BCUT2D eigenvalue weighted by Gasteiger charge is -2.19. The van der Waals surface area contributed by atoms with Gasteiger partial charge in [0.2, 0.25) is 0 Å². The Morgan fingerprint density at radius 2 is 2.12 bits per heavy atom. The Bertz CT molecular complexity index is 1120. The zero-order chi connectivity index (χ0) is 22.7. The Kier molecular flexibility index (Phi) is 6.78. The number of nitrogens with one attached hydrogen (secondary N) is 2. The summed E-state index contributed by atoms with van der Waals surface area (Å²) in [4.78, 5) is 18.3. The monoisotopic (exact) mass is 443 g/mol. The van der Waals surface area contributed by atoms with Crippen LogP contribution >= 0.6 is 0 Å². The van der Waals surface area contributed by atoms with E-state index in [1.807, 2.05) is 10.8 Å². The molecule has 1 fully saturated rings. The molecule has 3 aromatic rings. The van der Waals surface area contributed by atoms with Crippen molar-refractivity contribution in [1.29, 1.82) is 0 Å². The molecule has 1 unspecified atom stereocenters. The van der Waals surface area contributed by atoms with Crippen LogP contribution in [0.2, 0.25) is 0 Å². The SMILES string of the molecule is CN1CCCC1CCNCc1cn(Cc2ccc(F)cc2F)c2cnc(C(=O)NO)cc12. The second-order valence-corrected chi connectivity index (χ2v) is 8.29. The van der Waals surface area contributed by atoms with E-state index in [4.69, 9.17) is 5.21 Å². The van der Waals surface area contributed by atoms with Crippen molar-refractivity contribution in [2.24, 2.45) is 0 Å². The molecular weight excluding hydrogens is 416 g/mol. The largest absolute Gasteiger partial charge is 0.341 e. The van der Waals surface area contributed by atoms with Gasteiger partial charge in [0.1, 0.15) is 17.3 Å². The van der Waals surface area contributed by atoms with Crippen LogP contribution in [0.15, 0.2) is 36.7 Å². The number of rotatable bonds is 8. The first-order chi connectivity index (χ1) is 15.5. The molecule has 1 saturated heterocycles. The Labute approximate surface area is 185 Å². The number of pyridine rings is 1. The van der Waals surface area contributed by atoms with Gasteiger partial charge in [0.05, 0.1) is 18.3 Å². The van der Waals surface area contributed by atoms with Crippen molar-refractivity contribution >= 4 is 16.8 Å². The molecule has 7 nitrogen and oxygen atoms in total. The lowest BCUT2D eigenvalue weighted by molar-refractivity contribution is 0.0701. The quantitative estimate of drug-likeness (QED) is 0.283. The fourth-order valence-electron chi connectivity index (χ4n) is 4.38. The molecule has 170 valence electrons. The van der Waals surface area contributed by atoms with Crippen molar-refractivity contribution in [3.8, 4) is 0 Å². The normalized spacial score (nSPS) is 16.7. The minimum atomic E-state index is -0.701. The molecule has 0 bridgehead atoms. The Balaban J connectivity index is 1.57. The van der Waals surface area contributed by atoms with Crippen LogP contribution in [-0.2, 0) is 13.1 Å². The molecule has 0 spiro atoms. The summed E-state index contributed by atoms with van der Waals surface area (Å²) >= 11 is 0. The highest BCUT2D eigenvalue weighted by Gasteiger charge is 2.20. The summed E-state index contributed by atoms with van der Waals surface area (Å²) in [5, 5.41) is 13.2. The zero-order valence-electron chi connectivity index (χ0n) is 17.9. The Morgan fingerprint density at radius 1 is 1.28 bits per heavy atom. The molecule has 1 atom stereocenters. The van der Waals surface area contributed by atoms with Gasteiger partial charge in [-0.3, -0.25) is 10.0 Å². The maximum Gasteiger partial charge on any atom is 0.293 e. The number of hydrogen-bond donors (Lipinski definition) is 3. The summed E-state index contributed by atoms with van der Waals surface area (Å²) < 4.78 is 29.3. The first kappa shape index (κ1) is 22.3. The fraction of sp³-hybridized carbons (Fsp3) is 0.391. The fourth-order valence-corrected chi connectivity index (χ4v) is 4.38. The second kappa shape index (κ2) is 9.72. The molecule has 1 amide bonds. The summed E-state index contributed by atoms with van der Waals surface area (Å²) in [6.07, 6.45) is 6.92. The van der Waals surface area contributed by atoms with Crippen molar-refractivity contribution in [3.05, 3.63) is 65.1 Å². The van der Waals surface area contributed by atoms with E-state index in [2.05, 4.69) is 22.2 Å². The van der Waals surface area contributed by atoms with Crippen LogP contribution in [0.4, 0.5) is 8.78 Å². The van der Waals surface area contributed by atoms with Gasteiger partial charge in [-0.1, -0.05) is 6.07 Å². The van der Waals surface area contributed by atoms with Gasteiger partial charge >= 0.3 is 0 Å². The lowest BCUT2D eigenvalue weighted by Crippen LogP contribution is -2.28. The van der Waals surface area contributed by atoms with Gasteiger partial charge in [0.15, 0.2) is 0 Å². The number of fused-ring (bicyclic) bond motifs is 1. The summed E-state index contributed by atoms with van der Waals surface area (Å²) in [6.45, 7) is 2.75. The summed E-state index contributed by atoms with van der Waals surface area (Å²) in [6, 6.07) is 5.72. The summed E-state index contributed by atoms with van der Waals surface area (Å²) in [7, 11) is 2.15. The lowest BCUT2D eigenvalue weighted by atomic mass is 10.1. The van der Waals surface area contributed by atoms with Crippen LogP contribution in [0, 0.1) is 11.6 Å². The van der Waals surface area contributed by atoms with Crippen LogP contribution in [0.5, 0.6) is 0 Å². The van der Waals surface area contributed by atoms with E-state index in [9.17, 15) is 13.6 Å².